The number of ether oxygens (including phenoxy) is 9. The Bertz CT molecular complexity index is 2120. The predicted octanol–water partition coefficient (Wildman–Crippen LogP) is 0.919. The quantitative estimate of drug-likeness (QED) is 0.231. The summed E-state index contributed by atoms with van der Waals surface area (Å²) in [7, 11) is 1.04. The maximum Gasteiger partial charge on any atom is 0.348 e. The largest absolute Gasteiger partial charge is 0.472 e. The van der Waals surface area contributed by atoms with Gasteiger partial charge in [0.1, 0.15) is 35.1 Å². The van der Waals surface area contributed by atoms with Gasteiger partial charge in [0.25, 0.3) is 5.97 Å². The van der Waals surface area contributed by atoms with Gasteiger partial charge in [-0.3, -0.25) is 19.2 Å². The van der Waals surface area contributed by atoms with Crippen LogP contribution in [0.1, 0.15) is 86.8 Å². The van der Waals surface area contributed by atoms with Gasteiger partial charge in [-0.1, -0.05) is 41.5 Å². The van der Waals surface area contributed by atoms with Crippen LogP contribution in [0.5, 0.6) is 0 Å². The first kappa shape index (κ1) is 41.2. The summed E-state index contributed by atoms with van der Waals surface area (Å²) < 4.78 is 62.2. The lowest BCUT2D eigenvalue weighted by Gasteiger charge is -2.77. The van der Waals surface area contributed by atoms with E-state index in [1.54, 1.807) is 0 Å². The van der Waals surface area contributed by atoms with Crippen molar-refractivity contribution in [2.75, 3.05) is 7.11 Å². The Morgan fingerprint density at radius 2 is 1.52 bits per heavy atom. The van der Waals surface area contributed by atoms with Crippen LogP contribution in [0.2, 0.25) is 0 Å². The minimum Gasteiger partial charge on any atom is -0.472 e. The van der Waals surface area contributed by atoms with Crippen LogP contribution in [0, 0.1) is 39.4 Å². The lowest BCUT2D eigenvalue weighted by molar-refractivity contribution is -0.472. The van der Waals surface area contributed by atoms with Crippen LogP contribution >= 0.6 is 0 Å². The van der Waals surface area contributed by atoms with E-state index in [0.717, 1.165) is 21.0 Å². The Kier molecular flexibility index (Phi) is 8.15. The van der Waals surface area contributed by atoms with Crippen LogP contribution in [0.3, 0.4) is 0 Å². The van der Waals surface area contributed by atoms with Crippen LogP contribution in [-0.4, -0.2) is 123 Å². The number of aliphatic hydroxyl groups is 3. The van der Waals surface area contributed by atoms with Gasteiger partial charge in [0.15, 0.2) is 6.10 Å². The molecule has 19 nitrogen and oxygen atoms in total. The molecular weight excluding hydrogens is 796 g/mol. The number of rotatable bonds is 9. The van der Waals surface area contributed by atoms with Crippen molar-refractivity contribution in [2.45, 2.75) is 146 Å². The molecule has 5 saturated carbocycles. The highest BCUT2D eigenvalue weighted by Gasteiger charge is 3.11. The van der Waals surface area contributed by atoms with Gasteiger partial charge in [0.2, 0.25) is 17.8 Å². The zero-order chi connectivity index (χ0) is 43.9. The number of fused-ring (bicyclic) bond motifs is 3. The highest BCUT2D eigenvalue weighted by molar-refractivity contribution is 5.85. The maximum absolute atomic E-state index is 14.7. The van der Waals surface area contributed by atoms with Gasteiger partial charge in [-0.15, -0.1) is 0 Å². The smallest absolute Gasteiger partial charge is 0.348 e. The fraction of sp³-hybridized carbons (Fsp3) is 0.756. The molecule has 3 saturated heterocycles. The van der Waals surface area contributed by atoms with Crippen molar-refractivity contribution >= 4 is 35.8 Å². The fourth-order valence-corrected chi connectivity index (χ4v) is 14.2. The summed E-state index contributed by atoms with van der Waals surface area (Å²) in [5.41, 5.74) is -17.9. The van der Waals surface area contributed by atoms with E-state index in [4.69, 9.17) is 47.0 Å². The van der Waals surface area contributed by atoms with E-state index in [1.807, 2.05) is 0 Å². The number of esters is 6. The topological polar surface area (TPSA) is 259 Å². The van der Waals surface area contributed by atoms with Crippen molar-refractivity contribution in [3.63, 3.8) is 0 Å². The molecule has 3 N–H and O–H groups in total. The number of furan rings is 1. The Balaban J connectivity index is 1.45. The summed E-state index contributed by atoms with van der Waals surface area (Å²) in [6.07, 6.45) is -11.3. The molecule has 5 aliphatic carbocycles. The van der Waals surface area contributed by atoms with Crippen molar-refractivity contribution < 1.29 is 91.1 Å². The average Bonchev–Trinajstić information content (AvgIpc) is 3.51. The molecule has 4 bridgehead atoms. The lowest BCUT2D eigenvalue weighted by atomic mass is 9.33. The number of hydrogen-bond acceptors (Lipinski definition) is 19. The van der Waals surface area contributed by atoms with E-state index in [2.05, 4.69) is 0 Å². The molecule has 0 radical (unpaired) electrons. The van der Waals surface area contributed by atoms with Crippen LogP contribution in [0.15, 0.2) is 23.0 Å². The Labute approximate surface area is 343 Å². The van der Waals surface area contributed by atoms with Crippen LogP contribution in [0.4, 0.5) is 0 Å². The first-order chi connectivity index (χ1) is 27.9. The third-order valence-electron chi connectivity index (χ3n) is 15.7. The standard InChI is InChI=1S/C41H50O19/c1-16(2)27(46)56-26-30(49)55-25(20-11-12-52-13-20)36-15-37(26,36)41-32-39(57-28(47)17(3)4)31(54-19(6)43)33(7)14-38(39,50)34(8,22(33)21(29(48)51-10)53-18(5)42)40(41,24(45)23(36)44)59-35(9,58-32)60-41/h11-13,16-17,21-26,31-32,44-45,50H,14-15H2,1-10H3. The van der Waals surface area contributed by atoms with Gasteiger partial charge in [0.05, 0.1) is 48.4 Å². The van der Waals surface area contributed by atoms with E-state index in [9.17, 15) is 44.1 Å². The van der Waals surface area contributed by atoms with E-state index < -0.39 is 153 Å². The van der Waals surface area contributed by atoms with Crippen molar-refractivity contribution in [3.8, 4) is 0 Å². The zero-order valence-corrected chi connectivity index (χ0v) is 34.8. The lowest BCUT2D eigenvalue weighted by Crippen LogP contribution is -2.97. The second-order valence-corrected chi connectivity index (χ2v) is 19.1. The van der Waals surface area contributed by atoms with Gasteiger partial charge in [-0.25, -0.2) is 9.59 Å². The summed E-state index contributed by atoms with van der Waals surface area (Å²) >= 11 is 0. The molecule has 60 heavy (non-hydrogen) atoms. The molecule has 328 valence electrons. The fourth-order valence-electron chi connectivity index (χ4n) is 14.2. The number of aliphatic hydroxyl groups excluding tert-OH is 2. The van der Waals surface area contributed by atoms with Crippen molar-refractivity contribution in [1.29, 1.82) is 0 Å². The van der Waals surface area contributed by atoms with E-state index in [1.165, 1.54) is 67.1 Å². The Morgan fingerprint density at radius 1 is 0.867 bits per heavy atom. The highest BCUT2D eigenvalue weighted by Crippen LogP contribution is 2.95. The van der Waals surface area contributed by atoms with Gasteiger partial charge in [-0.05, 0) is 18.9 Å². The Hall–Kier alpha value is -4.14. The van der Waals surface area contributed by atoms with Crippen LogP contribution < -0.4 is 0 Å². The number of cyclic esters (lactones) is 1. The van der Waals surface area contributed by atoms with Gasteiger partial charge in [-0.2, -0.15) is 0 Å². The van der Waals surface area contributed by atoms with Crippen molar-refractivity contribution in [2.24, 2.45) is 39.4 Å². The number of carbonyl (C=O) groups is 6. The summed E-state index contributed by atoms with van der Waals surface area (Å²) in [6, 6.07) is 1.49. The molecule has 8 fully saturated rings. The molecular formula is C41H50O19. The minimum atomic E-state index is -2.60. The minimum absolute atomic E-state index is 0.250. The van der Waals surface area contributed by atoms with Gasteiger partial charge < -0.3 is 62.4 Å². The summed E-state index contributed by atoms with van der Waals surface area (Å²) in [5.74, 6) is -11.4. The van der Waals surface area contributed by atoms with Gasteiger partial charge >= 0.3 is 35.8 Å². The summed E-state index contributed by atoms with van der Waals surface area (Å²) in [5, 5.41) is 40.3. The number of hydrogen-bond donors (Lipinski definition) is 3. The third kappa shape index (κ3) is 3.96. The highest BCUT2D eigenvalue weighted by atomic mass is 17.0. The van der Waals surface area contributed by atoms with E-state index in [0.29, 0.717) is 0 Å². The predicted molar refractivity (Wildman–Crippen MR) is 191 cm³/mol. The Morgan fingerprint density at radius 3 is 2.08 bits per heavy atom. The molecule has 1 aromatic heterocycles. The normalized spacial score (nSPS) is 49.9. The molecule has 19 heteroatoms. The molecule has 17 atom stereocenters. The SMILES string of the molecule is COC(=O)C(OC(C)=O)C1C2(C)CC3(O)C(OC(=O)C(C)C)(C2OC(C)=O)C2OC4(C)OC5(C(O)C(O)C67CC6(C(OC(=O)C(C)C)C(=O)OC7c6ccoc6)C25O4)C13C. The van der Waals surface area contributed by atoms with E-state index >= 15 is 0 Å². The second-order valence-electron chi connectivity index (χ2n) is 19.1. The van der Waals surface area contributed by atoms with Crippen molar-refractivity contribution in [3.05, 3.63) is 24.2 Å². The monoisotopic (exact) mass is 846 g/mol. The molecule has 1 spiro atoms. The molecule has 9 rings (SSSR count). The van der Waals surface area contributed by atoms with E-state index in [-0.39, 0.29) is 12.0 Å². The second kappa shape index (κ2) is 11.9. The molecule has 0 amide bonds. The summed E-state index contributed by atoms with van der Waals surface area (Å²) in [6.45, 7) is 12.5. The molecule has 1 aromatic rings. The number of carbonyl (C=O) groups excluding carboxylic acids is 6. The van der Waals surface area contributed by atoms with Crippen LogP contribution in [-0.2, 0) is 71.4 Å². The molecule has 0 aromatic carbocycles. The molecule has 4 heterocycles. The maximum atomic E-state index is 14.7. The first-order valence-corrected chi connectivity index (χ1v) is 20.1. The molecule has 8 aliphatic rings. The number of methoxy groups -OCH3 is 1. The zero-order valence-electron chi connectivity index (χ0n) is 34.8. The molecule has 3 aliphatic heterocycles. The average molecular weight is 847 g/mol. The third-order valence-corrected chi connectivity index (χ3v) is 15.7. The van der Waals surface area contributed by atoms with Crippen LogP contribution in [0.25, 0.3) is 0 Å². The van der Waals surface area contributed by atoms with Crippen molar-refractivity contribution in [1.82, 2.24) is 0 Å². The first-order valence-electron chi connectivity index (χ1n) is 20.1. The molecule has 17 unspecified atom stereocenters. The summed E-state index contributed by atoms with van der Waals surface area (Å²) in [4.78, 5) is 83.3. The van der Waals surface area contributed by atoms with Gasteiger partial charge in [0, 0.05) is 43.1 Å².